The van der Waals surface area contributed by atoms with E-state index in [1.165, 1.54) is 0 Å². The maximum atomic E-state index is 13.2. The Bertz CT molecular complexity index is 1350. The first-order valence-electron chi connectivity index (χ1n) is 11.4. The average Bonchev–Trinajstić information content (AvgIpc) is 3.25. The van der Waals surface area contributed by atoms with Gasteiger partial charge in [-0.1, -0.05) is 30.3 Å². The summed E-state index contributed by atoms with van der Waals surface area (Å²) in [6, 6.07) is 17.9. The van der Waals surface area contributed by atoms with Crippen LogP contribution < -0.4 is 10.5 Å². The van der Waals surface area contributed by atoms with Crippen molar-refractivity contribution in [3.05, 3.63) is 88.7 Å². The smallest absolute Gasteiger partial charge is 0.307 e. The lowest BCUT2D eigenvalue weighted by Crippen LogP contribution is -2.11. The summed E-state index contributed by atoms with van der Waals surface area (Å²) in [5.74, 6) is 0.252. The van der Waals surface area contributed by atoms with Crippen molar-refractivity contribution in [2.24, 2.45) is 5.73 Å². The van der Waals surface area contributed by atoms with Crippen molar-refractivity contribution >= 4 is 16.9 Å². The molecule has 0 amide bonds. The minimum absolute atomic E-state index is 0.0360. The fraction of sp³-hybridized carbons (Fsp3) is 0.250. The molecule has 35 heavy (non-hydrogen) atoms. The van der Waals surface area contributed by atoms with Gasteiger partial charge < -0.3 is 25.1 Å². The second-order valence-corrected chi connectivity index (χ2v) is 8.60. The lowest BCUT2D eigenvalue weighted by Gasteiger charge is -2.14. The van der Waals surface area contributed by atoms with Gasteiger partial charge in [-0.05, 0) is 59.5 Å². The molecule has 1 unspecified atom stereocenters. The average molecular weight is 478 g/mol. The van der Waals surface area contributed by atoms with Crippen LogP contribution in [0.1, 0.15) is 34.1 Å². The number of ether oxygens (including phenoxy) is 1. The van der Waals surface area contributed by atoms with Crippen LogP contribution in [0.25, 0.3) is 22.1 Å². The molecule has 0 fully saturated rings. The van der Waals surface area contributed by atoms with E-state index >= 15 is 0 Å². The number of hydrogen-bond acceptors (Lipinski definition) is 5. The molecule has 0 bridgehead atoms. The number of halogens is 1. The predicted molar refractivity (Wildman–Crippen MR) is 132 cm³/mol. The quantitative estimate of drug-likeness (QED) is 0.293. The number of furan rings is 1. The Hall–Kier alpha value is -3.68. The second-order valence-electron chi connectivity index (χ2n) is 8.60. The lowest BCUT2D eigenvalue weighted by atomic mass is 9.97. The normalized spacial score (nSPS) is 12.1. The number of alkyl halides is 1. The van der Waals surface area contributed by atoms with Crippen molar-refractivity contribution in [3.63, 3.8) is 0 Å². The molecule has 4 aromatic rings. The standard InChI is InChI=1S/C28H28FNO5/c1-17-5-6-21(14-27(32)33)26(9-17)34-16-18-10-22-13-23(7-8-31)35-28(22)24(11-18)19-3-2-4-20(12-19)25(30)15-29/h2-6,9-13,25,31H,7-8,14-16,30H2,1H3,(H,32,33). The summed E-state index contributed by atoms with van der Waals surface area (Å²) in [6.45, 7) is 1.43. The number of carboxylic acid groups (broad SMARTS) is 1. The molecule has 0 radical (unpaired) electrons. The Balaban J connectivity index is 1.74. The van der Waals surface area contributed by atoms with Gasteiger partial charge in [-0.2, -0.15) is 0 Å². The zero-order valence-electron chi connectivity index (χ0n) is 19.5. The molecule has 0 aliphatic heterocycles. The fourth-order valence-corrected chi connectivity index (χ4v) is 4.09. The van der Waals surface area contributed by atoms with Crippen LogP contribution >= 0.6 is 0 Å². The van der Waals surface area contributed by atoms with Crippen molar-refractivity contribution in [2.45, 2.75) is 32.4 Å². The van der Waals surface area contributed by atoms with E-state index in [-0.39, 0.29) is 19.6 Å². The first-order chi connectivity index (χ1) is 16.9. The maximum Gasteiger partial charge on any atom is 0.307 e. The SMILES string of the molecule is Cc1ccc(CC(=O)O)c(OCc2cc(-c3cccc(C(N)CF)c3)c3oc(CCO)cc3c2)c1. The van der Waals surface area contributed by atoms with Crippen LogP contribution in [0.4, 0.5) is 4.39 Å². The van der Waals surface area contributed by atoms with Crippen LogP contribution in [0.5, 0.6) is 5.75 Å². The molecule has 7 heteroatoms. The van der Waals surface area contributed by atoms with Crippen LogP contribution in [0.3, 0.4) is 0 Å². The highest BCUT2D eigenvalue weighted by atomic mass is 19.1. The molecule has 4 N–H and O–H groups in total. The number of nitrogens with two attached hydrogens (primary N) is 1. The van der Waals surface area contributed by atoms with Crippen molar-refractivity contribution in [3.8, 4) is 16.9 Å². The molecule has 0 aliphatic carbocycles. The van der Waals surface area contributed by atoms with Crippen LogP contribution in [0, 0.1) is 6.92 Å². The number of aliphatic carboxylic acids is 1. The number of aryl methyl sites for hydroxylation is 1. The van der Waals surface area contributed by atoms with Crippen molar-refractivity contribution in [2.75, 3.05) is 13.3 Å². The van der Waals surface area contributed by atoms with E-state index in [0.717, 1.165) is 27.6 Å². The van der Waals surface area contributed by atoms with Crippen LogP contribution in [0.15, 0.2) is 65.1 Å². The largest absolute Gasteiger partial charge is 0.489 e. The molecule has 0 saturated heterocycles. The van der Waals surface area contributed by atoms with E-state index in [4.69, 9.17) is 14.9 Å². The third-order valence-corrected chi connectivity index (χ3v) is 5.84. The molecule has 4 rings (SSSR count). The Morgan fingerprint density at radius 1 is 1.14 bits per heavy atom. The van der Waals surface area contributed by atoms with E-state index in [9.17, 15) is 19.4 Å². The number of hydrogen-bond donors (Lipinski definition) is 3. The Morgan fingerprint density at radius 3 is 2.71 bits per heavy atom. The third kappa shape index (κ3) is 5.70. The van der Waals surface area contributed by atoms with Gasteiger partial charge in [0.05, 0.1) is 19.1 Å². The van der Waals surface area contributed by atoms with Crippen molar-refractivity contribution in [1.29, 1.82) is 0 Å². The summed E-state index contributed by atoms with van der Waals surface area (Å²) in [4.78, 5) is 11.3. The van der Waals surface area contributed by atoms with Gasteiger partial charge in [0.1, 0.15) is 30.4 Å². The fourth-order valence-electron chi connectivity index (χ4n) is 4.09. The first-order valence-corrected chi connectivity index (χ1v) is 11.4. The van der Waals surface area contributed by atoms with Gasteiger partial charge in [0, 0.05) is 22.9 Å². The highest BCUT2D eigenvalue weighted by Gasteiger charge is 2.15. The van der Waals surface area contributed by atoms with Gasteiger partial charge in [0.15, 0.2) is 0 Å². The number of aliphatic hydroxyl groups is 1. The molecule has 3 aromatic carbocycles. The van der Waals surface area contributed by atoms with Crippen molar-refractivity contribution < 1.29 is 28.6 Å². The van der Waals surface area contributed by atoms with E-state index < -0.39 is 18.7 Å². The second kappa shape index (κ2) is 10.7. The molecule has 6 nitrogen and oxygen atoms in total. The molecular weight excluding hydrogens is 449 g/mol. The van der Waals surface area contributed by atoms with Gasteiger partial charge in [0.2, 0.25) is 0 Å². The number of aliphatic hydroxyl groups excluding tert-OH is 1. The minimum atomic E-state index is -0.927. The van der Waals surface area contributed by atoms with Gasteiger partial charge in [0.25, 0.3) is 0 Å². The van der Waals surface area contributed by atoms with Crippen LogP contribution in [-0.2, 0) is 24.2 Å². The van der Waals surface area contributed by atoms with E-state index in [0.29, 0.717) is 34.6 Å². The summed E-state index contributed by atoms with van der Waals surface area (Å²) in [5, 5.41) is 19.4. The molecule has 0 aliphatic rings. The van der Waals surface area contributed by atoms with Gasteiger partial charge in [-0.15, -0.1) is 0 Å². The topological polar surface area (TPSA) is 106 Å². The number of benzene rings is 3. The van der Waals surface area contributed by atoms with E-state index in [2.05, 4.69) is 0 Å². The monoisotopic (exact) mass is 477 g/mol. The lowest BCUT2D eigenvalue weighted by molar-refractivity contribution is -0.136. The Kier molecular flexibility index (Phi) is 7.48. The zero-order valence-corrected chi connectivity index (χ0v) is 19.5. The van der Waals surface area contributed by atoms with Crippen LogP contribution in [-0.4, -0.2) is 29.5 Å². The molecule has 0 saturated carbocycles. The van der Waals surface area contributed by atoms with Gasteiger partial charge in [-0.3, -0.25) is 4.79 Å². The molecule has 0 spiro atoms. The number of carboxylic acids is 1. The number of fused-ring (bicyclic) bond motifs is 1. The number of rotatable bonds is 10. The molecule has 1 atom stereocenters. The summed E-state index contributed by atoms with van der Waals surface area (Å²) in [6.07, 6.45) is 0.252. The minimum Gasteiger partial charge on any atom is -0.489 e. The van der Waals surface area contributed by atoms with Crippen LogP contribution in [0.2, 0.25) is 0 Å². The number of carbonyl (C=O) groups is 1. The third-order valence-electron chi connectivity index (χ3n) is 5.84. The molecular formula is C28H28FNO5. The summed E-state index contributed by atoms with van der Waals surface area (Å²) in [5.41, 5.74) is 11.3. The van der Waals surface area contributed by atoms with Gasteiger partial charge >= 0.3 is 5.97 Å². The molecule has 1 aromatic heterocycles. The summed E-state index contributed by atoms with van der Waals surface area (Å²) < 4.78 is 25.3. The van der Waals surface area contributed by atoms with Crippen molar-refractivity contribution in [1.82, 2.24) is 0 Å². The molecule has 1 heterocycles. The highest BCUT2D eigenvalue weighted by molar-refractivity contribution is 5.93. The Morgan fingerprint density at radius 2 is 1.97 bits per heavy atom. The Labute approximate surface area is 202 Å². The van der Waals surface area contributed by atoms with E-state index in [1.807, 2.05) is 55.5 Å². The zero-order chi connectivity index (χ0) is 24.9. The highest BCUT2D eigenvalue weighted by Crippen LogP contribution is 2.34. The predicted octanol–water partition coefficient (Wildman–Crippen LogP) is 5.12. The summed E-state index contributed by atoms with van der Waals surface area (Å²) >= 11 is 0. The molecule has 182 valence electrons. The van der Waals surface area contributed by atoms with Gasteiger partial charge in [-0.25, -0.2) is 4.39 Å². The summed E-state index contributed by atoms with van der Waals surface area (Å²) in [7, 11) is 0. The maximum absolute atomic E-state index is 13.2. The van der Waals surface area contributed by atoms with E-state index in [1.54, 1.807) is 12.1 Å². The first kappa shape index (κ1) is 24.4.